The van der Waals surface area contributed by atoms with Crippen molar-refractivity contribution in [3.8, 4) is 0 Å². The van der Waals surface area contributed by atoms with Crippen molar-refractivity contribution in [2.75, 3.05) is 0 Å². The summed E-state index contributed by atoms with van der Waals surface area (Å²) in [5.41, 5.74) is 5.23. The molecule has 4 aliphatic rings. The minimum atomic E-state index is -0.873. The third kappa shape index (κ3) is 0.928. The van der Waals surface area contributed by atoms with Gasteiger partial charge in [-0.3, -0.25) is 0 Å². The first-order chi connectivity index (χ1) is 6.56. The molecule has 0 spiro atoms. The minimum absolute atomic E-state index is 0.257. The number of alkyl halides is 1. The zero-order valence-corrected chi connectivity index (χ0v) is 8.51. The van der Waals surface area contributed by atoms with Gasteiger partial charge in [-0.2, -0.15) is 0 Å². The third-order valence-electron chi connectivity index (χ3n) is 4.88. The Morgan fingerprint density at radius 3 is 2.21 bits per heavy atom. The van der Waals surface area contributed by atoms with E-state index in [1.165, 1.54) is 0 Å². The van der Waals surface area contributed by atoms with E-state index in [4.69, 9.17) is 5.73 Å². The number of hydrogen-bond donors (Lipinski definition) is 1. The van der Waals surface area contributed by atoms with Gasteiger partial charge in [0, 0.05) is 5.54 Å². The van der Waals surface area contributed by atoms with Gasteiger partial charge in [-0.25, -0.2) is 4.39 Å². The summed E-state index contributed by atoms with van der Waals surface area (Å²) >= 11 is 0. The van der Waals surface area contributed by atoms with Gasteiger partial charge in [0.1, 0.15) is 5.67 Å². The molecule has 0 saturated heterocycles. The Bertz CT molecular complexity index is 270. The summed E-state index contributed by atoms with van der Waals surface area (Å²) in [6.07, 6.45) is 6.32. The molecule has 0 aliphatic heterocycles. The summed E-state index contributed by atoms with van der Waals surface area (Å²) in [6.45, 7) is 3.85. The first-order valence-electron chi connectivity index (χ1n) is 5.67. The molecule has 0 amide bonds. The molecule has 0 aromatic rings. The quantitative estimate of drug-likeness (QED) is 0.639. The van der Waals surface area contributed by atoms with E-state index >= 15 is 0 Å². The third-order valence-corrected chi connectivity index (χ3v) is 4.88. The highest BCUT2D eigenvalue weighted by Gasteiger charge is 2.60. The predicted molar refractivity (Wildman–Crippen MR) is 54.5 cm³/mol. The maximum Gasteiger partial charge on any atom is 0.112 e. The molecule has 1 nitrogen and oxygen atoms in total. The maximum atomic E-state index is 14.3. The second kappa shape index (κ2) is 2.41. The number of rotatable bonds is 1. The summed E-state index contributed by atoms with van der Waals surface area (Å²) in [6, 6.07) is 0. The highest BCUT2D eigenvalue weighted by molar-refractivity contribution is 5.20. The summed E-state index contributed by atoms with van der Waals surface area (Å²) in [4.78, 5) is 0. The molecule has 2 N–H and O–H groups in total. The van der Waals surface area contributed by atoms with Crippen molar-refractivity contribution >= 4 is 0 Å². The molecule has 78 valence electrons. The normalized spacial score (nSPS) is 60.3. The molecule has 5 atom stereocenters. The summed E-state index contributed by atoms with van der Waals surface area (Å²) in [5, 5.41) is 0. The molecule has 14 heavy (non-hydrogen) atoms. The van der Waals surface area contributed by atoms with Gasteiger partial charge < -0.3 is 5.73 Å². The van der Waals surface area contributed by atoms with Crippen LogP contribution >= 0.6 is 0 Å². The standard InChI is InChI=1S/C12H18FN/c1-2-12(14)9-3-8-4-10(12)7-11(13,5-8)6-9/h2,8-10H,1,3-7,14H2/t8?,9-,10+,11-,12-. The summed E-state index contributed by atoms with van der Waals surface area (Å²) < 4.78 is 14.3. The largest absolute Gasteiger partial charge is 0.321 e. The predicted octanol–water partition coefficient (Wildman–Crippen LogP) is 2.42. The fourth-order valence-corrected chi connectivity index (χ4v) is 4.31. The van der Waals surface area contributed by atoms with Gasteiger partial charge in [0.05, 0.1) is 0 Å². The number of halogens is 1. The minimum Gasteiger partial charge on any atom is -0.321 e. The Morgan fingerprint density at radius 2 is 1.79 bits per heavy atom. The number of nitrogens with two attached hydrogens (primary N) is 1. The molecule has 0 heterocycles. The van der Waals surface area contributed by atoms with Crippen LogP contribution in [0.3, 0.4) is 0 Å². The van der Waals surface area contributed by atoms with Crippen molar-refractivity contribution in [1.29, 1.82) is 0 Å². The highest BCUT2D eigenvalue weighted by atomic mass is 19.1. The highest BCUT2D eigenvalue weighted by Crippen LogP contribution is 2.60. The van der Waals surface area contributed by atoms with Crippen molar-refractivity contribution in [3.05, 3.63) is 12.7 Å². The van der Waals surface area contributed by atoms with Crippen LogP contribution in [0, 0.1) is 17.8 Å². The van der Waals surface area contributed by atoms with Gasteiger partial charge >= 0.3 is 0 Å². The van der Waals surface area contributed by atoms with Crippen molar-refractivity contribution in [3.63, 3.8) is 0 Å². The fourth-order valence-electron chi connectivity index (χ4n) is 4.31. The van der Waals surface area contributed by atoms with E-state index in [-0.39, 0.29) is 5.54 Å². The van der Waals surface area contributed by atoms with E-state index in [1.54, 1.807) is 0 Å². The molecule has 0 radical (unpaired) electrons. The second-order valence-corrected chi connectivity index (χ2v) is 5.70. The molecular weight excluding hydrogens is 177 g/mol. The molecule has 0 aromatic heterocycles. The van der Waals surface area contributed by atoms with Crippen LogP contribution in [0.25, 0.3) is 0 Å². The van der Waals surface area contributed by atoms with Crippen LogP contribution in [0.1, 0.15) is 32.1 Å². The van der Waals surface area contributed by atoms with Crippen LogP contribution in [0.15, 0.2) is 12.7 Å². The van der Waals surface area contributed by atoms with E-state index in [1.807, 2.05) is 6.08 Å². The second-order valence-electron chi connectivity index (χ2n) is 5.70. The van der Waals surface area contributed by atoms with Crippen LogP contribution in [-0.4, -0.2) is 11.2 Å². The smallest absolute Gasteiger partial charge is 0.112 e. The van der Waals surface area contributed by atoms with Gasteiger partial charge in [-0.15, -0.1) is 6.58 Å². The number of hydrogen-bond acceptors (Lipinski definition) is 1. The van der Waals surface area contributed by atoms with Gasteiger partial charge in [-0.05, 0) is 49.9 Å². The average Bonchev–Trinajstić information content (AvgIpc) is 2.11. The molecule has 4 fully saturated rings. The Balaban J connectivity index is 2.00. The molecular formula is C12H18FN. The lowest BCUT2D eigenvalue weighted by molar-refractivity contribution is -0.106. The Hall–Kier alpha value is -0.370. The lowest BCUT2D eigenvalue weighted by atomic mass is 9.48. The van der Waals surface area contributed by atoms with Gasteiger partial charge in [0.15, 0.2) is 0 Å². The van der Waals surface area contributed by atoms with Gasteiger partial charge in [0.2, 0.25) is 0 Å². The van der Waals surface area contributed by atoms with Gasteiger partial charge in [-0.1, -0.05) is 6.08 Å². The van der Waals surface area contributed by atoms with Crippen LogP contribution in [0.4, 0.5) is 4.39 Å². The van der Waals surface area contributed by atoms with Crippen LogP contribution in [-0.2, 0) is 0 Å². The molecule has 4 saturated carbocycles. The lowest BCUT2D eigenvalue weighted by Crippen LogP contribution is -2.65. The zero-order chi connectivity index (χ0) is 9.97. The van der Waals surface area contributed by atoms with Crippen LogP contribution in [0.2, 0.25) is 0 Å². The van der Waals surface area contributed by atoms with Gasteiger partial charge in [0.25, 0.3) is 0 Å². The van der Waals surface area contributed by atoms with E-state index < -0.39 is 5.67 Å². The van der Waals surface area contributed by atoms with Crippen LogP contribution < -0.4 is 5.73 Å². The average molecular weight is 195 g/mol. The summed E-state index contributed by atoms with van der Waals surface area (Å²) in [5.74, 6) is 1.32. The first kappa shape index (κ1) is 8.90. The van der Waals surface area contributed by atoms with Crippen molar-refractivity contribution in [1.82, 2.24) is 0 Å². The molecule has 0 aromatic carbocycles. The van der Waals surface area contributed by atoms with E-state index in [2.05, 4.69) is 6.58 Å². The Morgan fingerprint density at radius 1 is 1.21 bits per heavy atom. The van der Waals surface area contributed by atoms with E-state index in [0.717, 1.165) is 19.3 Å². The van der Waals surface area contributed by atoms with Crippen molar-refractivity contribution in [2.24, 2.45) is 23.5 Å². The topological polar surface area (TPSA) is 26.0 Å². The summed E-state index contributed by atoms with van der Waals surface area (Å²) in [7, 11) is 0. The zero-order valence-electron chi connectivity index (χ0n) is 8.51. The van der Waals surface area contributed by atoms with E-state index in [0.29, 0.717) is 30.6 Å². The molecule has 1 unspecified atom stereocenters. The lowest BCUT2D eigenvalue weighted by Gasteiger charge is -2.60. The maximum absolute atomic E-state index is 14.3. The monoisotopic (exact) mass is 195 g/mol. The molecule has 4 rings (SSSR count). The van der Waals surface area contributed by atoms with Crippen molar-refractivity contribution < 1.29 is 4.39 Å². The molecule has 4 aliphatic carbocycles. The van der Waals surface area contributed by atoms with E-state index in [9.17, 15) is 4.39 Å². The Kier molecular flexibility index (Phi) is 1.53. The molecule has 2 heteroatoms. The first-order valence-corrected chi connectivity index (χ1v) is 5.67. The SMILES string of the molecule is C=C[C@@]1(N)[C@@H]2CC3C[C@H]1C[C@@](F)(C3)C2. The Labute approximate surface area is 84.6 Å². The van der Waals surface area contributed by atoms with Crippen molar-refractivity contribution in [2.45, 2.75) is 43.3 Å². The van der Waals surface area contributed by atoms with Crippen LogP contribution in [0.5, 0.6) is 0 Å². The molecule has 4 bridgehead atoms. The fraction of sp³-hybridized carbons (Fsp3) is 0.833.